The fourth-order valence-corrected chi connectivity index (χ4v) is 3.22. The largest absolute Gasteiger partial charge is 0.369 e. The Hall–Kier alpha value is -3.21. The molecule has 0 unspecified atom stereocenters. The monoisotopic (exact) mass is 577 g/mol. The van der Waals surface area contributed by atoms with Gasteiger partial charge in [0.1, 0.15) is 11.2 Å². The van der Waals surface area contributed by atoms with E-state index in [4.69, 9.17) is 5.73 Å². The first-order valence-electron chi connectivity index (χ1n) is 12.5. The SMILES string of the molecule is CC(=O)Nc1cccc(Nc2ncc(Br)c(NCCCNC(=O)C(C)(C)C(N)=O)n2)c1.CCCCCC. The van der Waals surface area contributed by atoms with E-state index in [9.17, 15) is 14.4 Å². The van der Waals surface area contributed by atoms with Crippen molar-refractivity contribution in [2.24, 2.45) is 11.1 Å². The highest BCUT2D eigenvalue weighted by Gasteiger charge is 2.33. The number of primary amides is 1. The van der Waals surface area contributed by atoms with Crippen LogP contribution in [0.5, 0.6) is 0 Å². The van der Waals surface area contributed by atoms with Crippen molar-refractivity contribution in [1.82, 2.24) is 15.3 Å². The van der Waals surface area contributed by atoms with Crippen LogP contribution in [-0.2, 0) is 14.4 Å². The molecule has 0 saturated carbocycles. The summed E-state index contributed by atoms with van der Waals surface area (Å²) < 4.78 is 0.684. The van der Waals surface area contributed by atoms with Crippen LogP contribution in [0.2, 0.25) is 0 Å². The van der Waals surface area contributed by atoms with E-state index in [1.165, 1.54) is 46.5 Å². The van der Waals surface area contributed by atoms with Gasteiger partial charge in [-0.25, -0.2) is 4.98 Å². The van der Waals surface area contributed by atoms with E-state index in [-0.39, 0.29) is 5.91 Å². The minimum atomic E-state index is -1.25. The maximum atomic E-state index is 12.0. The Morgan fingerprint density at radius 3 is 2.27 bits per heavy atom. The molecule has 1 heterocycles. The molecule has 0 fully saturated rings. The number of benzene rings is 1. The molecule has 0 radical (unpaired) electrons. The molecular formula is C26H40BrN7O3. The number of hydrogen-bond acceptors (Lipinski definition) is 7. The second-order valence-electron chi connectivity index (χ2n) is 9.01. The number of hydrogen-bond donors (Lipinski definition) is 5. The van der Waals surface area contributed by atoms with Crippen molar-refractivity contribution < 1.29 is 14.4 Å². The molecule has 6 N–H and O–H groups in total. The fraction of sp³-hybridized carbons (Fsp3) is 0.500. The smallest absolute Gasteiger partial charge is 0.235 e. The molecule has 0 atom stereocenters. The zero-order chi connectivity index (χ0) is 27.8. The summed E-state index contributed by atoms with van der Waals surface area (Å²) in [7, 11) is 0. The molecule has 2 aromatic rings. The summed E-state index contributed by atoms with van der Waals surface area (Å²) in [6, 6.07) is 7.20. The van der Waals surface area contributed by atoms with Crippen molar-refractivity contribution in [2.75, 3.05) is 29.0 Å². The van der Waals surface area contributed by atoms with Gasteiger partial charge < -0.3 is 27.0 Å². The van der Waals surface area contributed by atoms with Crippen molar-refractivity contribution in [3.05, 3.63) is 34.9 Å². The maximum absolute atomic E-state index is 12.0. The molecule has 1 aromatic heterocycles. The summed E-state index contributed by atoms with van der Waals surface area (Å²) in [5.74, 6) is -0.272. The van der Waals surface area contributed by atoms with E-state index < -0.39 is 17.2 Å². The van der Waals surface area contributed by atoms with Gasteiger partial charge in [0.05, 0.1) is 4.47 Å². The van der Waals surface area contributed by atoms with Crippen LogP contribution in [0, 0.1) is 5.41 Å². The number of nitrogens with zero attached hydrogens (tertiary/aromatic N) is 2. The summed E-state index contributed by atoms with van der Waals surface area (Å²) in [5, 5.41) is 11.7. The Morgan fingerprint density at radius 1 is 1.03 bits per heavy atom. The molecule has 10 nitrogen and oxygen atoms in total. The van der Waals surface area contributed by atoms with E-state index in [0.29, 0.717) is 41.4 Å². The Balaban J connectivity index is 0.00000102. The lowest BCUT2D eigenvalue weighted by Gasteiger charge is -2.19. The summed E-state index contributed by atoms with van der Waals surface area (Å²) in [5.41, 5.74) is 5.37. The van der Waals surface area contributed by atoms with Gasteiger partial charge in [-0.2, -0.15) is 4.98 Å². The van der Waals surface area contributed by atoms with E-state index in [2.05, 4.69) is 61.0 Å². The van der Waals surface area contributed by atoms with Crippen LogP contribution in [0.1, 0.15) is 66.7 Å². The van der Waals surface area contributed by atoms with Crippen LogP contribution < -0.4 is 27.0 Å². The highest BCUT2D eigenvalue weighted by atomic mass is 79.9. The zero-order valence-electron chi connectivity index (χ0n) is 22.4. The van der Waals surface area contributed by atoms with Crippen LogP contribution in [0.4, 0.5) is 23.1 Å². The lowest BCUT2D eigenvalue weighted by atomic mass is 9.91. The second kappa shape index (κ2) is 16.5. The van der Waals surface area contributed by atoms with Gasteiger partial charge in [-0.3, -0.25) is 14.4 Å². The molecule has 0 aliphatic heterocycles. The minimum absolute atomic E-state index is 0.155. The number of amides is 3. The molecule has 37 heavy (non-hydrogen) atoms. The second-order valence-corrected chi connectivity index (χ2v) is 9.86. The Morgan fingerprint density at radius 2 is 1.68 bits per heavy atom. The van der Waals surface area contributed by atoms with Gasteiger partial charge in [-0.15, -0.1) is 0 Å². The van der Waals surface area contributed by atoms with Gasteiger partial charge in [-0.05, 0) is 54.4 Å². The number of halogens is 1. The van der Waals surface area contributed by atoms with Crippen LogP contribution in [-0.4, -0.2) is 40.8 Å². The van der Waals surface area contributed by atoms with Crippen LogP contribution >= 0.6 is 15.9 Å². The molecule has 1 aromatic carbocycles. The lowest BCUT2D eigenvalue weighted by molar-refractivity contribution is -0.139. The number of nitrogens with two attached hydrogens (primary N) is 1. The van der Waals surface area contributed by atoms with Crippen LogP contribution in [0.3, 0.4) is 0 Å². The molecule has 3 amide bonds. The molecule has 204 valence electrons. The number of nitrogens with one attached hydrogen (secondary N) is 4. The van der Waals surface area contributed by atoms with Gasteiger partial charge in [0.2, 0.25) is 23.7 Å². The standard InChI is InChI=1S/C20H26BrN7O3.C6H14/c1-12(29)26-13-6-4-7-14(10-13)27-19-25-11-15(21)16(28-19)23-8-5-9-24-18(31)20(2,3)17(22)30;1-3-5-6-4-2/h4,6-7,10-11H,5,8-9H2,1-3H3,(H2,22,30)(H,24,31)(H,26,29)(H2,23,25,27,28);3-6H2,1-2H3. The predicted molar refractivity (Wildman–Crippen MR) is 153 cm³/mol. The molecule has 0 aliphatic rings. The van der Waals surface area contributed by atoms with Crippen molar-refractivity contribution in [3.63, 3.8) is 0 Å². The summed E-state index contributed by atoms with van der Waals surface area (Å²) in [6.45, 7) is 9.80. The number of aromatic nitrogens is 2. The first-order valence-corrected chi connectivity index (χ1v) is 13.3. The minimum Gasteiger partial charge on any atom is -0.369 e. The van der Waals surface area contributed by atoms with Gasteiger partial charge in [0.25, 0.3) is 0 Å². The summed E-state index contributed by atoms with van der Waals surface area (Å²) in [4.78, 5) is 43.2. The van der Waals surface area contributed by atoms with E-state index in [1.54, 1.807) is 24.4 Å². The van der Waals surface area contributed by atoms with E-state index >= 15 is 0 Å². The van der Waals surface area contributed by atoms with Gasteiger partial charge >= 0.3 is 0 Å². The molecule has 0 spiro atoms. The van der Waals surface area contributed by atoms with Crippen molar-refractivity contribution in [1.29, 1.82) is 0 Å². The first kappa shape index (κ1) is 31.8. The van der Waals surface area contributed by atoms with Crippen molar-refractivity contribution in [2.45, 2.75) is 66.7 Å². The topological polar surface area (TPSA) is 151 Å². The summed E-state index contributed by atoms with van der Waals surface area (Å²) >= 11 is 3.41. The molecule has 0 saturated heterocycles. The normalized spacial score (nSPS) is 10.5. The fourth-order valence-electron chi connectivity index (χ4n) is 2.89. The highest BCUT2D eigenvalue weighted by Crippen LogP contribution is 2.23. The Kier molecular flexibility index (Phi) is 14.2. The number of carbonyl (C=O) groups excluding carboxylic acids is 3. The zero-order valence-corrected chi connectivity index (χ0v) is 24.0. The predicted octanol–water partition coefficient (Wildman–Crippen LogP) is 4.96. The molecular weight excluding hydrogens is 538 g/mol. The van der Waals surface area contributed by atoms with E-state index in [1.807, 2.05) is 6.07 Å². The quantitative estimate of drug-likeness (QED) is 0.167. The highest BCUT2D eigenvalue weighted by molar-refractivity contribution is 9.10. The molecule has 0 bridgehead atoms. The van der Waals surface area contributed by atoms with Gasteiger partial charge in [0.15, 0.2) is 0 Å². The molecule has 0 aliphatic carbocycles. The third kappa shape index (κ3) is 12.1. The van der Waals surface area contributed by atoms with Gasteiger partial charge in [-0.1, -0.05) is 45.6 Å². The lowest BCUT2D eigenvalue weighted by Crippen LogP contribution is -2.46. The average Bonchev–Trinajstić information content (AvgIpc) is 2.84. The third-order valence-corrected chi connectivity index (χ3v) is 5.84. The van der Waals surface area contributed by atoms with Gasteiger partial charge in [0, 0.05) is 37.6 Å². The Labute approximate surface area is 228 Å². The van der Waals surface area contributed by atoms with Crippen molar-refractivity contribution >= 4 is 56.8 Å². The first-order chi connectivity index (χ1) is 17.5. The average molecular weight is 579 g/mol. The Bertz CT molecular complexity index is 1030. The number of carbonyl (C=O) groups is 3. The number of anilines is 4. The van der Waals surface area contributed by atoms with Crippen molar-refractivity contribution in [3.8, 4) is 0 Å². The van der Waals surface area contributed by atoms with Crippen LogP contribution in [0.25, 0.3) is 0 Å². The summed E-state index contributed by atoms with van der Waals surface area (Å²) in [6.07, 6.45) is 7.76. The van der Waals surface area contributed by atoms with E-state index in [0.717, 1.165) is 5.69 Å². The third-order valence-electron chi connectivity index (χ3n) is 5.26. The molecule has 2 rings (SSSR count). The van der Waals surface area contributed by atoms with Crippen LogP contribution in [0.15, 0.2) is 34.9 Å². The molecule has 11 heteroatoms. The number of unbranched alkanes of at least 4 members (excludes halogenated alkanes) is 3. The maximum Gasteiger partial charge on any atom is 0.235 e. The number of rotatable bonds is 13.